The van der Waals surface area contributed by atoms with Gasteiger partial charge in [-0.25, -0.2) is 0 Å². The Kier molecular flexibility index (Phi) is 8.68. The van der Waals surface area contributed by atoms with Crippen molar-refractivity contribution >= 4 is 11.8 Å². The molecule has 0 amide bonds. The Hall–Kier alpha value is -2.17. The summed E-state index contributed by atoms with van der Waals surface area (Å²) in [5.41, 5.74) is 5.01. The molecule has 0 saturated carbocycles. The van der Waals surface area contributed by atoms with Gasteiger partial charge in [0.05, 0.1) is 12.6 Å². The summed E-state index contributed by atoms with van der Waals surface area (Å²) in [7, 11) is 0. The molecule has 3 aromatic rings. The minimum absolute atomic E-state index is 0.261. The van der Waals surface area contributed by atoms with Crippen molar-refractivity contribution in [2.24, 2.45) is 5.92 Å². The molecule has 2 aromatic carbocycles. The summed E-state index contributed by atoms with van der Waals surface area (Å²) in [6.07, 6.45) is 3.30. The lowest BCUT2D eigenvalue weighted by atomic mass is 9.99. The first-order valence-electron chi connectivity index (χ1n) is 11.2. The number of ether oxygens (including phenoxy) is 2. The molecule has 31 heavy (non-hydrogen) atoms. The molecule has 4 heteroatoms. The molecule has 1 aromatic heterocycles. The maximum atomic E-state index is 6.06. The van der Waals surface area contributed by atoms with Crippen molar-refractivity contribution in [1.82, 2.24) is 4.57 Å². The number of thioether (sulfide) groups is 1. The standard InChI is InChI=1S/C27H35NO2S/c1-6-29-27(20(2)3)19-22-8-12-24(13-9-22)30-18-17-28-21(4)7-16-26(28)23-10-14-25(31-5)15-11-23/h7-16,20,27H,6,17-19H2,1-5H3. The Labute approximate surface area is 191 Å². The van der Waals surface area contributed by atoms with Crippen LogP contribution in [0.15, 0.2) is 65.6 Å². The summed E-state index contributed by atoms with van der Waals surface area (Å²) in [5, 5.41) is 0. The largest absolute Gasteiger partial charge is 0.492 e. The number of aromatic nitrogens is 1. The van der Waals surface area contributed by atoms with Crippen LogP contribution in [0.5, 0.6) is 5.75 Å². The highest BCUT2D eigenvalue weighted by atomic mass is 32.2. The molecule has 0 aliphatic rings. The second-order valence-electron chi connectivity index (χ2n) is 8.17. The van der Waals surface area contributed by atoms with E-state index in [9.17, 15) is 0 Å². The fourth-order valence-electron chi connectivity index (χ4n) is 3.79. The van der Waals surface area contributed by atoms with Crippen molar-refractivity contribution < 1.29 is 9.47 Å². The lowest BCUT2D eigenvalue weighted by Crippen LogP contribution is -2.22. The Morgan fingerprint density at radius 1 is 0.935 bits per heavy atom. The summed E-state index contributed by atoms with van der Waals surface area (Å²) in [4.78, 5) is 1.28. The van der Waals surface area contributed by atoms with Crippen LogP contribution in [0.25, 0.3) is 11.3 Å². The van der Waals surface area contributed by atoms with Gasteiger partial charge in [-0.2, -0.15) is 0 Å². The zero-order valence-electron chi connectivity index (χ0n) is 19.4. The van der Waals surface area contributed by atoms with Gasteiger partial charge in [-0.05, 0) is 80.0 Å². The van der Waals surface area contributed by atoms with E-state index in [1.165, 1.54) is 27.4 Å². The second kappa shape index (κ2) is 11.4. The molecule has 3 nitrogen and oxygen atoms in total. The third-order valence-electron chi connectivity index (χ3n) is 5.65. The van der Waals surface area contributed by atoms with Gasteiger partial charge in [-0.15, -0.1) is 11.8 Å². The molecular formula is C27H35NO2S. The van der Waals surface area contributed by atoms with E-state index in [0.717, 1.165) is 25.3 Å². The van der Waals surface area contributed by atoms with E-state index in [1.54, 1.807) is 11.8 Å². The van der Waals surface area contributed by atoms with Crippen LogP contribution >= 0.6 is 11.8 Å². The molecule has 0 fully saturated rings. The van der Waals surface area contributed by atoms with Gasteiger partial charge >= 0.3 is 0 Å². The van der Waals surface area contributed by atoms with Gasteiger partial charge < -0.3 is 14.0 Å². The Bertz CT molecular complexity index is 929. The second-order valence-corrected chi connectivity index (χ2v) is 9.05. The van der Waals surface area contributed by atoms with Crippen LogP contribution in [0.4, 0.5) is 0 Å². The van der Waals surface area contributed by atoms with Crippen LogP contribution in [0.3, 0.4) is 0 Å². The predicted molar refractivity (Wildman–Crippen MR) is 132 cm³/mol. The van der Waals surface area contributed by atoms with Crippen LogP contribution in [0.1, 0.15) is 32.0 Å². The molecule has 1 atom stereocenters. The Morgan fingerprint density at radius 2 is 1.65 bits per heavy atom. The van der Waals surface area contributed by atoms with E-state index < -0.39 is 0 Å². The summed E-state index contributed by atoms with van der Waals surface area (Å²) in [6, 6.07) is 21.6. The average Bonchev–Trinajstić information content (AvgIpc) is 3.15. The van der Waals surface area contributed by atoms with E-state index in [2.05, 4.69) is 99.2 Å². The van der Waals surface area contributed by atoms with E-state index in [4.69, 9.17) is 9.47 Å². The lowest BCUT2D eigenvalue weighted by Gasteiger charge is -2.21. The topological polar surface area (TPSA) is 23.4 Å². The van der Waals surface area contributed by atoms with Gasteiger partial charge in [0, 0.05) is 22.9 Å². The molecule has 0 spiro atoms. The summed E-state index contributed by atoms with van der Waals surface area (Å²) >= 11 is 1.77. The van der Waals surface area contributed by atoms with Gasteiger partial charge in [0.15, 0.2) is 0 Å². The lowest BCUT2D eigenvalue weighted by molar-refractivity contribution is 0.0311. The van der Waals surface area contributed by atoms with Crippen molar-refractivity contribution in [3.8, 4) is 17.0 Å². The predicted octanol–water partition coefficient (Wildman–Crippen LogP) is 6.87. The molecule has 0 saturated heterocycles. The van der Waals surface area contributed by atoms with Crippen LogP contribution in [0.2, 0.25) is 0 Å². The third kappa shape index (κ3) is 6.41. The van der Waals surface area contributed by atoms with Crippen LogP contribution in [-0.2, 0) is 17.7 Å². The highest BCUT2D eigenvalue weighted by molar-refractivity contribution is 7.98. The average molecular weight is 438 g/mol. The molecule has 0 N–H and O–H groups in total. The molecule has 166 valence electrons. The van der Waals surface area contributed by atoms with Crippen molar-refractivity contribution in [2.75, 3.05) is 19.5 Å². The molecule has 0 aliphatic carbocycles. The van der Waals surface area contributed by atoms with Crippen LogP contribution in [0, 0.1) is 12.8 Å². The first kappa shape index (κ1) is 23.5. The van der Waals surface area contributed by atoms with Crippen LogP contribution in [-0.4, -0.2) is 30.1 Å². The first-order valence-corrected chi connectivity index (χ1v) is 12.4. The normalized spacial score (nSPS) is 12.3. The maximum Gasteiger partial charge on any atom is 0.119 e. The molecule has 3 rings (SSSR count). The number of aryl methyl sites for hydroxylation is 1. The zero-order chi connectivity index (χ0) is 22.2. The third-order valence-corrected chi connectivity index (χ3v) is 6.40. The molecular weight excluding hydrogens is 402 g/mol. The van der Waals surface area contributed by atoms with Crippen LogP contribution < -0.4 is 4.74 Å². The fraction of sp³-hybridized carbons (Fsp3) is 0.407. The number of hydrogen-bond donors (Lipinski definition) is 0. The van der Waals surface area contributed by atoms with Crippen molar-refractivity contribution in [2.45, 2.75) is 51.7 Å². The maximum absolute atomic E-state index is 6.06. The zero-order valence-corrected chi connectivity index (χ0v) is 20.2. The SMILES string of the molecule is CCOC(Cc1ccc(OCCn2c(C)ccc2-c2ccc(SC)cc2)cc1)C(C)C. The Balaban J connectivity index is 1.58. The number of benzene rings is 2. The van der Waals surface area contributed by atoms with Gasteiger partial charge in [0.2, 0.25) is 0 Å². The fourth-order valence-corrected chi connectivity index (χ4v) is 4.20. The number of nitrogens with zero attached hydrogens (tertiary/aromatic N) is 1. The highest BCUT2D eigenvalue weighted by Gasteiger charge is 2.14. The first-order chi connectivity index (χ1) is 15.0. The van der Waals surface area contributed by atoms with Crippen molar-refractivity contribution in [3.63, 3.8) is 0 Å². The van der Waals surface area contributed by atoms with Gasteiger partial charge in [0.25, 0.3) is 0 Å². The van der Waals surface area contributed by atoms with Crippen molar-refractivity contribution in [1.29, 1.82) is 0 Å². The highest BCUT2D eigenvalue weighted by Crippen LogP contribution is 2.25. The van der Waals surface area contributed by atoms with E-state index >= 15 is 0 Å². The number of rotatable bonds is 11. The summed E-state index contributed by atoms with van der Waals surface area (Å²) < 4.78 is 14.3. The quantitative estimate of drug-likeness (QED) is 0.306. The molecule has 0 aliphatic heterocycles. The monoisotopic (exact) mass is 437 g/mol. The molecule has 1 heterocycles. The van der Waals surface area contributed by atoms with E-state index in [0.29, 0.717) is 12.5 Å². The Morgan fingerprint density at radius 3 is 2.26 bits per heavy atom. The smallest absolute Gasteiger partial charge is 0.119 e. The molecule has 0 radical (unpaired) electrons. The van der Waals surface area contributed by atoms with E-state index in [1.807, 2.05) is 0 Å². The minimum atomic E-state index is 0.261. The molecule has 0 bridgehead atoms. The molecule has 1 unspecified atom stereocenters. The summed E-state index contributed by atoms with van der Waals surface area (Å²) in [5.74, 6) is 1.42. The summed E-state index contributed by atoms with van der Waals surface area (Å²) in [6.45, 7) is 10.9. The van der Waals surface area contributed by atoms with Gasteiger partial charge in [-0.3, -0.25) is 0 Å². The van der Waals surface area contributed by atoms with E-state index in [-0.39, 0.29) is 6.10 Å². The van der Waals surface area contributed by atoms with Gasteiger partial charge in [0.1, 0.15) is 12.4 Å². The van der Waals surface area contributed by atoms with Gasteiger partial charge in [-0.1, -0.05) is 38.1 Å². The number of hydrogen-bond acceptors (Lipinski definition) is 3. The minimum Gasteiger partial charge on any atom is -0.492 e. The van der Waals surface area contributed by atoms with Crippen molar-refractivity contribution in [3.05, 3.63) is 71.9 Å².